The quantitative estimate of drug-likeness (QED) is 0.586. The first-order valence-electron chi connectivity index (χ1n) is 4.35. The van der Waals surface area contributed by atoms with Gasteiger partial charge in [0.25, 0.3) is 0 Å². The molecule has 0 rings (SSSR count). The minimum atomic E-state index is -0.00972. The molecule has 0 saturated heterocycles. The lowest BCUT2D eigenvalue weighted by Crippen LogP contribution is -2.40. The molecule has 3 heteroatoms. The monoisotopic (exact) mass is 170 g/mol. The maximum atomic E-state index is 8.71. The van der Waals surface area contributed by atoms with E-state index in [0.717, 1.165) is 19.4 Å². The van der Waals surface area contributed by atoms with Crippen LogP contribution < -0.4 is 5.32 Å². The number of nitrogens with one attached hydrogen (secondary N) is 1. The van der Waals surface area contributed by atoms with Crippen LogP contribution in [-0.4, -0.2) is 23.8 Å². The Kier molecular flexibility index (Phi) is 5.69. The molecule has 0 saturated carbocycles. The Labute approximate surface area is 74.4 Å². The zero-order valence-electron chi connectivity index (χ0n) is 7.93. The maximum absolute atomic E-state index is 8.71. The maximum Gasteiger partial charge on any atom is 0.0622 e. The lowest BCUT2D eigenvalue weighted by atomic mass is 10.0. The number of aliphatic hydroxyl groups is 1. The molecule has 0 atom stereocenters. The molecule has 0 aromatic rings. The molecule has 0 unspecified atom stereocenters. The van der Waals surface area contributed by atoms with Crippen molar-refractivity contribution >= 4 is 0 Å². The summed E-state index contributed by atoms with van der Waals surface area (Å²) < 4.78 is 0. The molecule has 0 heterocycles. The summed E-state index contributed by atoms with van der Waals surface area (Å²) in [6.45, 7) is 5.16. The molecular weight excluding hydrogens is 152 g/mol. The van der Waals surface area contributed by atoms with Crippen LogP contribution in [-0.2, 0) is 0 Å². The third kappa shape index (κ3) is 6.14. The van der Waals surface area contributed by atoms with Gasteiger partial charge in [0.05, 0.1) is 6.07 Å². The summed E-state index contributed by atoms with van der Waals surface area (Å²) in [6, 6.07) is 2.10. The Morgan fingerprint density at radius 2 is 2.17 bits per heavy atom. The second-order valence-corrected chi connectivity index (χ2v) is 3.55. The minimum absolute atomic E-state index is 0.00972. The number of hydrogen-bond donors (Lipinski definition) is 2. The van der Waals surface area contributed by atoms with Gasteiger partial charge in [-0.25, -0.2) is 0 Å². The zero-order chi connectivity index (χ0) is 9.45. The molecule has 0 aliphatic heterocycles. The Hall–Kier alpha value is -0.590. The highest BCUT2D eigenvalue weighted by molar-refractivity contribution is 4.78. The van der Waals surface area contributed by atoms with Gasteiger partial charge in [-0.15, -0.1) is 0 Å². The van der Waals surface area contributed by atoms with Crippen molar-refractivity contribution in [2.75, 3.05) is 13.2 Å². The van der Waals surface area contributed by atoms with E-state index in [1.54, 1.807) is 0 Å². The predicted octanol–water partition coefficient (Wildman–Crippen LogP) is 1.04. The van der Waals surface area contributed by atoms with Gasteiger partial charge in [-0.1, -0.05) is 0 Å². The summed E-state index contributed by atoms with van der Waals surface area (Å²) in [4.78, 5) is 0. The van der Waals surface area contributed by atoms with E-state index in [-0.39, 0.29) is 12.1 Å². The van der Waals surface area contributed by atoms with Crippen molar-refractivity contribution in [2.24, 2.45) is 0 Å². The van der Waals surface area contributed by atoms with E-state index in [1.807, 2.05) is 0 Å². The minimum Gasteiger partial charge on any atom is -0.396 e. The highest BCUT2D eigenvalue weighted by atomic mass is 16.3. The third-order valence-corrected chi connectivity index (χ3v) is 1.81. The van der Waals surface area contributed by atoms with Crippen molar-refractivity contribution in [2.45, 2.75) is 38.6 Å². The normalized spacial score (nSPS) is 11.2. The molecule has 0 radical (unpaired) electrons. The molecule has 0 aliphatic rings. The Morgan fingerprint density at radius 1 is 1.50 bits per heavy atom. The molecule has 0 aliphatic carbocycles. The first kappa shape index (κ1) is 11.4. The average molecular weight is 170 g/mol. The molecule has 12 heavy (non-hydrogen) atoms. The molecule has 0 aromatic heterocycles. The molecular formula is C9H18N2O. The van der Waals surface area contributed by atoms with Crippen LogP contribution in [0.1, 0.15) is 33.1 Å². The second kappa shape index (κ2) is 5.99. The summed E-state index contributed by atoms with van der Waals surface area (Å²) in [5, 5.41) is 20.3. The van der Waals surface area contributed by atoms with Crippen molar-refractivity contribution in [3.8, 4) is 6.07 Å². The summed E-state index contributed by atoms with van der Waals surface area (Å²) in [7, 11) is 0. The van der Waals surface area contributed by atoms with E-state index < -0.39 is 0 Å². The highest BCUT2D eigenvalue weighted by Crippen LogP contribution is 2.06. The number of unbranched alkanes of at least 4 members (excludes halogenated alkanes) is 1. The van der Waals surface area contributed by atoms with Crippen LogP contribution in [0.3, 0.4) is 0 Å². The van der Waals surface area contributed by atoms with Crippen LogP contribution in [0.25, 0.3) is 0 Å². The SMILES string of the molecule is CC(C)(CCO)NCCCC#N. The van der Waals surface area contributed by atoms with Crippen molar-refractivity contribution in [3.63, 3.8) is 0 Å². The number of aliphatic hydroxyl groups excluding tert-OH is 1. The summed E-state index contributed by atoms with van der Waals surface area (Å²) in [5.41, 5.74) is -0.00972. The first-order valence-corrected chi connectivity index (χ1v) is 4.35. The van der Waals surface area contributed by atoms with Gasteiger partial charge in [0.2, 0.25) is 0 Å². The Morgan fingerprint density at radius 3 is 2.67 bits per heavy atom. The fraction of sp³-hybridized carbons (Fsp3) is 0.889. The summed E-state index contributed by atoms with van der Waals surface area (Å²) >= 11 is 0. The number of nitriles is 1. The molecule has 0 fully saturated rings. The summed E-state index contributed by atoms with van der Waals surface area (Å²) in [5.74, 6) is 0. The molecule has 0 amide bonds. The zero-order valence-corrected chi connectivity index (χ0v) is 7.93. The van der Waals surface area contributed by atoms with Crippen molar-refractivity contribution in [1.29, 1.82) is 5.26 Å². The fourth-order valence-electron chi connectivity index (χ4n) is 0.962. The van der Waals surface area contributed by atoms with Gasteiger partial charge in [0.15, 0.2) is 0 Å². The van der Waals surface area contributed by atoms with Gasteiger partial charge in [-0.05, 0) is 33.2 Å². The molecule has 2 N–H and O–H groups in total. The first-order chi connectivity index (χ1) is 5.62. The third-order valence-electron chi connectivity index (χ3n) is 1.81. The highest BCUT2D eigenvalue weighted by Gasteiger charge is 2.14. The molecule has 0 spiro atoms. The van der Waals surface area contributed by atoms with Gasteiger partial charge in [-0.2, -0.15) is 5.26 Å². The smallest absolute Gasteiger partial charge is 0.0622 e. The topological polar surface area (TPSA) is 56.0 Å². The van der Waals surface area contributed by atoms with Gasteiger partial charge >= 0.3 is 0 Å². The molecule has 0 aromatic carbocycles. The largest absolute Gasteiger partial charge is 0.396 e. The predicted molar refractivity (Wildman–Crippen MR) is 48.6 cm³/mol. The van der Waals surface area contributed by atoms with E-state index in [4.69, 9.17) is 10.4 Å². The van der Waals surface area contributed by atoms with Gasteiger partial charge in [0.1, 0.15) is 0 Å². The van der Waals surface area contributed by atoms with E-state index in [0.29, 0.717) is 6.42 Å². The molecule has 3 nitrogen and oxygen atoms in total. The molecule has 0 bridgehead atoms. The van der Waals surface area contributed by atoms with Gasteiger partial charge in [-0.3, -0.25) is 0 Å². The lowest BCUT2D eigenvalue weighted by Gasteiger charge is -2.25. The number of hydrogen-bond acceptors (Lipinski definition) is 3. The van der Waals surface area contributed by atoms with Crippen LogP contribution >= 0.6 is 0 Å². The van der Waals surface area contributed by atoms with E-state index in [9.17, 15) is 0 Å². The lowest BCUT2D eigenvalue weighted by molar-refractivity contribution is 0.231. The van der Waals surface area contributed by atoms with E-state index >= 15 is 0 Å². The van der Waals surface area contributed by atoms with Crippen LogP contribution in [0, 0.1) is 11.3 Å². The fourth-order valence-corrected chi connectivity index (χ4v) is 0.962. The van der Waals surface area contributed by atoms with Crippen molar-refractivity contribution in [3.05, 3.63) is 0 Å². The Balaban J connectivity index is 3.41. The van der Waals surface area contributed by atoms with E-state index in [1.165, 1.54) is 0 Å². The van der Waals surface area contributed by atoms with Crippen LogP contribution in [0.2, 0.25) is 0 Å². The second-order valence-electron chi connectivity index (χ2n) is 3.55. The number of rotatable bonds is 6. The standard InChI is InChI=1S/C9H18N2O/c1-9(2,5-8-12)11-7-4-3-6-10/h11-12H,3-5,7-8H2,1-2H3. The average Bonchev–Trinajstić information content (AvgIpc) is 1.98. The van der Waals surface area contributed by atoms with Crippen molar-refractivity contribution < 1.29 is 5.11 Å². The molecule has 70 valence electrons. The van der Waals surface area contributed by atoms with Crippen LogP contribution in [0.15, 0.2) is 0 Å². The van der Waals surface area contributed by atoms with Crippen LogP contribution in [0.4, 0.5) is 0 Å². The van der Waals surface area contributed by atoms with E-state index in [2.05, 4.69) is 25.2 Å². The van der Waals surface area contributed by atoms with Crippen LogP contribution in [0.5, 0.6) is 0 Å². The van der Waals surface area contributed by atoms with Gasteiger partial charge < -0.3 is 10.4 Å². The van der Waals surface area contributed by atoms with Crippen molar-refractivity contribution in [1.82, 2.24) is 5.32 Å². The van der Waals surface area contributed by atoms with Gasteiger partial charge in [0, 0.05) is 18.6 Å². The Bertz CT molecular complexity index is 149. The number of nitrogens with zero attached hydrogens (tertiary/aromatic N) is 1. The summed E-state index contributed by atoms with van der Waals surface area (Å²) in [6.07, 6.45) is 2.23.